The summed E-state index contributed by atoms with van der Waals surface area (Å²) in [5.41, 5.74) is 2.01. The summed E-state index contributed by atoms with van der Waals surface area (Å²) in [6.45, 7) is 5.89. The minimum atomic E-state index is -0.276. The van der Waals surface area contributed by atoms with Crippen molar-refractivity contribution in [1.29, 1.82) is 0 Å². The van der Waals surface area contributed by atoms with Gasteiger partial charge in [0, 0.05) is 13.1 Å². The summed E-state index contributed by atoms with van der Waals surface area (Å²) in [5.74, 6) is 0.191. The van der Waals surface area contributed by atoms with Gasteiger partial charge in [-0.05, 0) is 23.6 Å². The monoisotopic (exact) mass is 193 g/mol. The van der Waals surface area contributed by atoms with Crippen molar-refractivity contribution in [3.8, 4) is 0 Å². The summed E-state index contributed by atoms with van der Waals surface area (Å²) >= 11 is 0. The van der Waals surface area contributed by atoms with Crippen LogP contribution in [0.25, 0.3) is 0 Å². The number of nitrogens with zero attached hydrogens (tertiary/aromatic N) is 1. The number of pyridine rings is 1. The van der Waals surface area contributed by atoms with Crippen molar-refractivity contribution < 1.29 is 9.53 Å². The molecule has 3 heteroatoms. The van der Waals surface area contributed by atoms with Crippen molar-refractivity contribution in [2.45, 2.75) is 33.3 Å². The van der Waals surface area contributed by atoms with Gasteiger partial charge in [0.15, 0.2) is 0 Å². The average molecular weight is 193 g/mol. The molecule has 0 fully saturated rings. The largest absolute Gasteiger partial charge is 0.459 e. The molecule has 3 nitrogen and oxygen atoms in total. The number of hydrogen-bond acceptors (Lipinski definition) is 3. The third-order valence-corrected chi connectivity index (χ3v) is 1.93. The van der Waals surface area contributed by atoms with E-state index in [2.05, 4.69) is 18.8 Å². The van der Waals surface area contributed by atoms with Crippen molar-refractivity contribution in [1.82, 2.24) is 4.98 Å². The lowest BCUT2D eigenvalue weighted by Crippen LogP contribution is -2.01. The van der Waals surface area contributed by atoms with Crippen LogP contribution in [-0.2, 0) is 16.1 Å². The second-order valence-electron chi connectivity index (χ2n) is 3.52. The Morgan fingerprint density at radius 2 is 2.29 bits per heavy atom. The fraction of sp³-hybridized carbons (Fsp3) is 0.455. The predicted molar refractivity (Wildman–Crippen MR) is 53.8 cm³/mol. The fourth-order valence-corrected chi connectivity index (χ4v) is 1.11. The van der Waals surface area contributed by atoms with Crippen LogP contribution in [0.15, 0.2) is 18.3 Å². The van der Waals surface area contributed by atoms with Crippen LogP contribution in [0.2, 0.25) is 0 Å². The molecule has 0 atom stereocenters. The Bertz CT molecular complexity index is 321. The van der Waals surface area contributed by atoms with E-state index in [1.807, 2.05) is 12.1 Å². The Labute approximate surface area is 84.1 Å². The van der Waals surface area contributed by atoms with Crippen LogP contribution in [0, 0.1) is 0 Å². The smallest absolute Gasteiger partial charge is 0.303 e. The lowest BCUT2D eigenvalue weighted by Gasteiger charge is -2.07. The lowest BCUT2D eigenvalue weighted by molar-refractivity contribution is -0.142. The van der Waals surface area contributed by atoms with Crippen LogP contribution in [0.5, 0.6) is 0 Å². The van der Waals surface area contributed by atoms with E-state index in [-0.39, 0.29) is 12.6 Å². The Hall–Kier alpha value is -1.38. The van der Waals surface area contributed by atoms with E-state index in [0.717, 1.165) is 5.69 Å². The number of carbonyl (C=O) groups is 1. The summed E-state index contributed by atoms with van der Waals surface area (Å²) < 4.78 is 4.86. The van der Waals surface area contributed by atoms with E-state index in [0.29, 0.717) is 5.92 Å². The molecule has 14 heavy (non-hydrogen) atoms. The van der Waals surface area contributed by atoms with Crippen LogP contribution in [0.1, 0.15) is 37.9 Å². The molecule has 0 saturated heterocycles. The third-order valence-electron chi connectivity index (χ3n) is 1.93. The normalized spacial score (nSPS) is 10.3. The van der Waals surface area contributed by atoms with Crippen molar-refractivity contribution in [2.75, 3.05) is 0 Å². The van der Waals surface area contributed by atoms with E-state index in [9.17, 15) is 4.79 Å². The first kappa shape index (κ1) is 10.7. The number of hydrogen-bond donors (Lipinski definition) is 0. The number of rotatable bonds is 3. The van der Waals surface area contributed by atoms with Gasteiger partial charge in [0.1, 0.15) is 6.61 Å². The molecule has 0 aromatic carbocycles. The van der Waals surface area contributed by atoms with E-state index in [4.69, 9.17) is 4.74 Å². The molecule has 1 aromatic rings. The first-order valence-corrected chi connectivity index (χ1v) is 4.68. The second kappa shape index (κ2) is 4.74. The van der Waals surface area contributed by atoms with Crippen LogP contribution in [-0.4, -0.2) is 11.0 Å². The molecule has 1 heterocycles. The molecule has 0 aliphatic heterocycles. The first-order valence-electron chi connectivity index (χ1n) is 4.68. The van der Waals surface area contributed by atoms with Crippen molar-refractivity contribution in [3.63, 3.8) is 0 Å². The number of aromatic nitrogens is 1. The maximum atomic E-state index is 10.6. The predicted octanol–water partition coefficient (Wildman–Crippen LogP) is 2.27. The van der Waals surface area contributed by atoms with Gasteiger partial charge in [-0.2, -0.15) is 0 Å². The van der Waals surface area contributed by atoms with Crippen LogP contribution in [0.3, 0.4) is 0 Å². The Kier molecular flexibility index (Phi) is 3.63. The number of carbonyl (C=O) groups excluding carboxylic acids is 1. The zero-order valence-corrected chi connectivity index (χ0v) is 8.78. The van der Waals surface area contributed by atoms with E-state index in [1.54, 1.807) is 6.20 Å². The highest BCUT2D eigenvalue weighted by Gasteiger charge is 2.02. The summed E-state index contributed by atoms with van der Waals surface area (Å²) in [4.78, 5) is 14.7. The Balaban J connectivity index is 2.68. The van der Waals surface area contributed by atoms with E-state index < -0.39 is 0 Å². The molecule has 0 spiro atoms. The van der Waals surface area contributed by atoms with Gasteiger partial charge >= 0.3 is 5.97 Å². The molecular formula is C11H15NO2. The molecule has 0 amide bonds. The van der Waals surface area contributed by atoms with Gasteiger partial charge in [0.05, 0.1) is 5.69 Å². The van der Waals surface area contributed by atoms with Gasteiger partial charge in [-0.15, -0.1) is 0 Å². The van der Waals surface area contributed by atoms with Gasteiger partial charge in [-0.25, -0.2) is 0 Å². The van der Waals surface area contributed by atoms with Crippen molar-refractivity contribution >= 4 is 5.97 Å². The molecular weight excluding hydrogens is 178 g/mol. The quantitative estimate of drug-likeness (QED) is 0.691. The minimum absolute atomic E-state index is 0.260. The summed E-state index contributed by atoms with van der Waals surface area (Å²) in [5, 5.41) is 0. The molecule has 1 aromatic heterocycles. The lowest BCUT2D eigenvalue weighted by atomic mass is 10.0. The van der Waals surface area contributed by atoms with Crippen LogP contribution in [0.4, 0.5) is 0 Å². The third kappa shape index (κ3) is 3.17. The minimum Gasteiger partial charge on any atom is -0.459 e. The van der Waals surface area contributed by atoms with E-state index >= 15 is 0 Å². The summed E-state index contributed by atoms with van der Waals surface area (Å²) in [6.07, 6.45) is 1.74. The van der Waals surface area contributed by atoms with Gasteiger partial charge in [0.25, 0.3) is 0 Å². The van der Waals surface area contributed by atoms with Crippen LogP contribution >= 0.6 is 0 Å². The number of esters is 1. The van der Waals surface area contributed by atoms with Gasteiger partial charge in [0.2, 0.25) is 0 Å². The fourth-order valence-electron chi connectivity index (χ4n) is 1.11. The standard InChI is InChI=1S/C11H15NO2/c1-8(2)10-4-5-12-11(6-10)7-14-9(3)13/h4-6,8H,7H2,1-3H3. The summed E-state index contributed by atoms with van der Waals surface area (Å²) in [7, 11) is 0. The van der Waals surface area contributed by atoms with E-state index in [1.165, 1.54) is 12.5 Å². The molecule has 0 saturated carbocycles. The van der Waals surface area contributed by atoms with Crippen molar-refractivity contribution in [2.24, 2.45) is 0 Å². The molecule has 76 valence electrons. The van der Waals surface area contributed by atoms with Crippen molar-refractivity contribution in [3.05, 3.63) is 29.6 Å². The van der Waals surface area contributed by atoms with Gasteiger partial charge in [-0.1, -0.05) is 13.8 Å². The topological polar surface area (TPSA) is 39.2 Å². The maximum Gasteiger partial charge on any atom is 0.303 e. The zero-order valence-electron chi connectivity index (χ0n) is 8.78. The maximum absolute atomic E-state index is 10.6. The Morgan fingerprint density at radius 3 is 2.86 bits per heavy atom. The molecule has 0 aliphatic carbocycles. The highest BCUT2D eigenvalue weighted by molar-refractivity contribution is 5.65. The molecule has 0 bridgehead atoms. The molecule has 0 unspecified atom stereocenters. The van der Waals surface area contributed by atoms with Crippen LogP contribution < -0.4 is 0 Å². The highest BCUT2D eigenvalue weighted by atomic mass is 16.5. The highest BCUT2D eigenvalue weighted by Crippen LogP contribution is 2.14. The second-order valence-corrected chi connectivity index (χ2v) is 3.52. The molecule has 0 N–H and O–H groups in total. The average Bonchev–Trinajstić information content (AvgIpc) is 2.15. The molecule has 0 aliphatic rings. The Morgan fingerprint density at radius 1 is 1.57 bits per heavy atom. The first-order chi connectivity index (χ1) is 6.59. The summed E-state index contributed by atoms with van der Waals surface area (Å²) in [6, 6.07) is 3.94. The zero-order chi connectivity index (χ0) is 10.6. The molecule has 0 radical (unpaired) electrons. The van der Waals surface area contributed by atoms with Gasteiger partial charge < -0.3 is 4.74 Å². The molecule has 1 rings (SSSR count). The number of ether oxygens (including phenoxy) is 1. The van der Waals surface area contributed by atoms with Gasteiger partial charge in [-0.3, -0.25) is 9.78 Å². The SMILES string of the molecule is CC(=O)OCc1cc(C(C)C)ccn1.